The fourth-order valence-corrected chi connectivity index (χ4v) is 2.91. The fourth-order valence-electron chi connectivity index (χ4n) is 2.91. The second-order valence-corrected chi connectivity index (χ2v) is 7.19. The van der Waals surface area contributed by atoms with E-state index in [0.29, 0.717) is 24.7 Å². The monoisotopic (exact) mass is 329 g/mol. The molecule has 0 aromatic carbocycles. The van der Waals surface area contributed by atoms with Gasteiger partial charge in [-0.3, -0.25) is 9.78 Å². The van der Waals surface area contributed by atoms with Crippen LogP contribution in [-0.2, 0) is 16.8 Å². The zero-order valence-corrected chi connectivity index (χ0v) is 14.5. The number of likely N-dealkylation sites (tertiary alicyclic amines) is 1. The molecule has 0 saturated carbocycles. The number of hydrogen-bond acceptors (Lipinski definition) is 6. The van der Waals surface area contributed by atoms with Crippen molar-refractivity contribution >= 4 is 5.91 Å². The molecule has 1 amide bonds. The maximum Gasteiger partial charge on any atom is 0.240 e. The quantitative estimate of drug-likeness (QED) is 0.921. The van der Waals surface area contributed by atoms with Gasteiger partial charge in [-0.05, 0) is 11.6 Å². The highest BCUT2D eigenvalue weighted by Crippen LogP contribution is 2.31. The van der Waals surface area contributed by atoms with Crippen molar-refractivity contribution in [2.24, 2.45) is 0 Å². The highest BCUT2D eigenvalue weighted by Gasteiger charge is 2.38. The number of nitrogens with zero attached hydrogens (tertiary/aromatic N) is 4. The summed E-state index contributed by atoms with van der Waals surface area (Å²) in [7, 11) is 1.83. The van der Waals surface area contributed by atoms with Gasteiger partial charge in [-0.1, -0.05) is 32.0 Å². The van der Waals surface area contributed by atoms with Crippen molar-refractivity contribution in [2.75, 3.05) is 7.05 Å². The van der Waals surface area contributed by atoms with Crippen LogP contribution in [0.5, 0.6) is 0 Å². The zero-order chi connectivity index (χ0) is 17.3. The largest absolute Gasteiger partial charge is 0.338 e. The Morgan fingerprint density at radius 3 is 2.83 bits per heavy atom. The van der Waals surface area contributed by atoms with Crippen molar-refractivity contribution in [3.63, 3.8) is 0 Å². The van der Waals surface area contributed by atoms with Crippen molar-refractivity contribution in [3.05, 3.63) is 41.8 Å². The van der Waals surface area contributed by atoms with Gasteiger partial charge in [-0.2, -0.15) is 4.98 Å². The molecule has 1 saturated heterocycles. The standard InChI is InChI=1S/C17H23N5O2/c1-17(2,3)16-20-13(24-21-16)10-19-12-8-14(23)22(4)15(12)11-6-5-7-18-9-11/h5-7,9,12,15,19H,8,10H2,1-4H3/t12-,15+/m1/s1. The summed E-state index contributed by atoms with van der Waals surface area (Å²) in [5.74, 6) is 1.33. The average Bonchev–Trinajstić information content (AvgIpc) is 3.12. The molecule has 1 aliphatic rings. The first-order chi connectivity index (χ1) is 11.4. The Morgan fingerprint density at radius 1 is 1.42 bits per heavy atom. The lowest BCUT2D eigenvalue weighted by atomic mass is 9.96. The number of amides is 1. The van der Waals surface area contributed by atoms with Crippen molar-refractivity contribution < 1.29 is 9.32 Å². The molecule has 3 rings (SSSR count). The molecule has 2 atom stereocenters. The molecule has 0 spiro atoms. The van der Waals surface area contributed by atoms with E-state index in [1.165, 1.54) is 0 Å². The lowest BCUT2D eigenvalue weighted by Crippen LogP contribution is -2.35. The van der Waals surface area contributed by atoms with Crippen LogP contribution in [0.15, 0.2) is 29.0 Å². The van der Waals surface area contributed by atoms with E-state index < -0.39 is 0 Å². The van der Waals surface area contributed by atoms with Gasteiger partial charge in [0, 0.05) is 37.3 Å². The summed E-state index contributed by atoms with van der Waals surface area (Å²) in [6.07, 6.45) is 3.98. The molecule has 128 valence electrons. The Balaban J connectivity index is 1.71. The van der Waals surface area contributed by atoms with Crippen LogP contribution >= 0.6 is 0 Å². The minimum Gasteiger partial charge on any atom is -0.338 e. The van der Waals surface area contributed by atoms with Crippen molar-refractivity contribution in [1.29, 1.82) is 0 Å². The number of carbonyl (C=O) groups is 1. The fraction of sp³-hybridized carbons (Fsp3) is 0.529. The Bertz CT molecular complexity index is 707. The second kappa shape index (κ2) is 6.32. The molecule has 2 aromatic heterocycles. The third-order valence-corrected chi connectivity index (χ3v) is 4.27. The van der Waals surface area contributed by atoms with Crippen LogP contribution in [0.2, 0.25) is 0 Å². The van der Waals surface area contributed by atoms with Gasteiger partial charge in [0.05, 0.1) is 12.6 Å². The number of pyridine rings is 1. The first kappa shape index (κ1) is 16.6. The molecular weight excluding hydrogens is 306 g/mol. The topological polar surface area (TPSA) is 84.2 Å². The molecule has 1 fully saturated rings. The van der Waals surface area contributed by atoms with Gasteiger partial charge >= 0.3 is 0 Å². The molecule has 0 aliphatic carbocycles. The molecule has 7 heteroatoms. The summed E-state index contributed by atoms with van der Waals surface area (Å²) in [5, 5.41) is 7.41. The van der Waals surface area contributed by atoms with E-state index in [1.54, 1.807) is 17.3 Å². The number of hydrogen-bond donors (Lipinski definition) is 1. The lowest BCUT2D eigenvalue weighted by Gasteiger charge is -2.25. The summed E-state index contributed by atoms with van der Waals surface area (Å²) in [6.45, 7) is 6.56. The molecule has 1 aliphatic heterocycles. The lowest BCUT2D eigenvalue weighted by molar-refractivity contribution is -0.127. The van der Waals surface area contributed by atoms with Crippen LogP contribution in [-0.4, -0.2) is 39.0 Å². The molecule has 1 N–H and O–H groups in total. The summed E-state index contributed by atoms with van der Waals surface area (Å²) in [5.41, 5.74) is 0.869. The molecule has 3 heterocycles. The second-order valence-electron chi connectivity index (χ2n) is 7.19. The Labute approximate surface area is 141 Å². The third-order valence-electron chi connectivity index (χ3n) is 4.27. The van der Waals surface area contributed by atoms with Gasteiger partial charge in [0.25, 0.3) is 0 Å². The van der Waals surface area contributed by atoms with Gasteiger partial charge in [-0.25, -0.2) is 0 Å². The van der Waals surface area contributed by atoms with Crippen LogP contribution in [0.4, 0.5) is 0 Å². The van der Waals surface area contributed by atoms with Gasteiger partial charge in [0.15, 0.2) is 5.82 Å². The third kappa shape index (κ3) is 3.31. The van der Waals surface area contributed by atoms with Gasteiger partial charge < -0.3 is 14.7 Å². The molecule has 0 unspecified atom stereocenters. The summed E-state index contributed by atoms with van der Waals surface area (Å²) in [6, 6.07) is 3.82. The number of carbonyl (C=O) groups excluding carboxylic acids is 1. The van der Waals surface area contributed by atoms with E-state index in [4.69, 9.17) is 4.52 Å². The van der Waals surface area contributed by atoms with Crippen molar-refractivity contribution in [3.8, 4) is 0 Å². The molecule has 2 aromatic rings. The average molecular weight is 329 g/mol. The SMILES string of the molecule is CN1C(=O)C[C@@H](NCc2nc(C(C)(C)C)no2)[C@@H]1c1cccnc1. The Hall–Kier alpha value is -2.28. The van der Waals surface area contributed by atoms with E-state index >= 15 is 0 Å². The Morgan fingerprint density at radius 2 is 2.21 bits per heavy atom. The highest BCUT2D eigenvalue weighted by atomic mass is 16.5. The number of likely N-dealkylation sites (N-methyl/N-ethyl adjacent to an activating group) is 1. The van der Waals surface area contributed by atoms with Crippen molar-refractivity contribution in [2.45, 2.75) is 51.2 Å². The van der Waals surface area contributed by atoms with E-state index in [2.05, 4.69) is 20.4 Å². The zero-order valence-electron chi connectivity index (χ0n) is 14.5. The number of aromatic nitrogens is 3. The summed E-state index contributed by atoms with van der Waals surface area (Å²) >= 11 is 0. The van der Waals surface area contributed by atoms with Crippen LogP contribution < -0.4 is 5.32 Å². The Kier molecular flexibility index (Phi) is 4.36. The van der Waals surface area contributed by atoms with E-state index in [9.17, 15) is 4.79 Å². The molecule has 24 heavy (non-hydrogen) atoms. The molecule has 7 nitrogen and oxygen atoms in total. The number of rotatable bonds is 4. The van der Waals surface area contributed by atoms with Gasteiger partial charge in [0.2, 0.25) is 11.8 Å². The maximum atomic E-state index is 12.1. The van der Waals surface area contributed by atoms with Crippen LogP contribution in [0.3, 0.4) is 0 Å². The van der Waals surface area contributed by atoms with E-state index in [-0.39, 0.29) is 23.4 Å². The normalized spacial score (nSPS) is 21.5. The summed E-state index contributed by atoms with van der Waals surface area (Å²) in [4.78, 5) is 22.5. The van der Waals surface area contributed by atoms with Crippen molar-refractivity contribution in [1.82, 2.24) is 25.3 Å². The van der Waals surface area contributed by atoms with Crippen LogP contribution in [0, 0.1) is 0 Å². The van der Waals surface area contributed by atoms with E-state index in [1.807, 2.05) is 40.0 Å². The summed E-state index contributed by atoms with van der Waals surface area (Å²) < 4.78 is 5.31. The molecule has 0 radical (unpaired) electrons. The molecular formula is C17H23N5O2. The number of nitrogens with one attached hydrogen (secondary N) is 1. The van der Waals surface area contributed by atoms with Gasteiger partial charge in [-0.15, -0.1) is 0 Å². The van der Waals surface area contributed by atoms with Crippen LogP contribution in [0.1, 0.15) is 50.5 Å². The molecule has 0 bridgehead atoms. The highest BCUT2D eigenvalue weighted by molar-refractivity contribution is 5.80. The minimum absolute atomic E-state index is 0.0170. The predicted octanol–water partition coefficient (Wildman–Crippen LogP) is 1.82. The first-order valence-electron chi connectivity index (χ1n) is 8.08. The first-order valence-corrected chi connectivity index (χ1v) is 8.08. The smallest absolute Gasteiger partial charge is 0.240 e. The predicted molar refractivity (Wildman–Crippen MR) is 88.0 cm³/mol. The van der Waals surface area contributed by atoms with Crippen LogP contribution in [0.25, 0.3) is 0 Å². The van der Waals surface area contributed by atoms with E-state index in [0.717, 1.165) is 5.56 Å². The van der Waals surface area contributed by atoms with Gasteiger partial charge in [0.1, 0.15) is 0 Å². The minimum atomic E-state index is -0.149. The maximum absolute atomic E-state index is 12.1.